The minimum atomic E-state index is 0.234. The number of nitrogens with zero attached hydrogens (tertiary/aromatic N) is 2. The molecule has 0 aromatic heterocycles. The molecule has 0 amide bonds. The number of nitriles is 1. The SMILES string of the molecule is N#Cc1cc(Cl)ccc1N1CC(N)C1. The van der Waals surface area contributed by atoms with E-state index in [1.807, 2.05) is 6.07 Å². The molecule has 14 heavy (non-hydrogen) atoms. The largest absolute Gasteiger partial charge is 0.367 e. The zero-order chi connectivity index (χ0) is 10.1. The van der Waals surface area contributed by atoms with E-state index in [-0.39, 0.29) is 6.04 Å². The van der Waals surface area contributed by atoms with Gasteiger partial charge in [0.25, 0.3) is 0 Å². The van der Waals surface area contributed by atoms with Crippen LogP contribution in [-0.4, -0.2) is 19.1 Å². The summed E-state index contributed by atoms with van der Waals surface area (Å²) in [6.07, 6.45) is 0. The van der Waals surface area contributed by atoms with Crippen LogP contribution in [0, 0.1) is 11.3 Å². The Morgan fingerprint density at radius 1 is 1.50 bits per heavy atom. The van der Waals surface area contributed by atoms with Gasteiger partial charge in [0.05, 0.1) is 11.3 Å². The molecule has 1 saturated heterocycles. The van der Waals surface area contributed by atoms with Gasteiger partial charge in [-0.3, -0.25) is 0 Å². The summed E-state index contributed by atoms with van der Waals surface area (Å²) in [6, 6.07) is 7.71. The van der Waals surface area contributed by atoms with Gasteiger partial charge >= 0.3 is 0 Å². The summed E-state index contributed by atoms with van der Waals surface area (Å²) in [6.45, 7) is 1.63. The summed E-state index contributed by atoms with van der Waals surface area (Å²) < 4.78 is 0. The van der Waals surface area contributed by atoms with Gasteiger partial charge in [0.1, 0.15) is 6.07 Å². The van der Waals surface area contributed by atoms with Gasteiger partial charge < -0.3 is 10.6 Å². The second-order valence-corrected chi connectivity index (χ2v) is 3.87. The van der Waals surface area contributed by atoms with Crippen molar-refractivity contribution in [3.63, 3.8) is 0 Å². The zero-order valence-electron chi connectivity index (χ0n) is 7.57. The van der Waals surface area contributed by atoms with Gasteiger partial charge in [0.15, 0.2) is 0 Å². The number of anilines is 1. The highest BCUT2D eigenvalue weighted by molar-refractivity contribution is 6.30. The first-order valence-electron chi connectivity index (χ1n) is 4.41. The van der Waals surface area contributed by atoms with Crippen LogP contribution in [0.25, 0.3) is 0 Å². The summed E-state index contributed by atoms with van der Waals surface area (Å²) in [5.74, 6) is 0. The number of hydrogen-bond acceptors (Lipinski definition) is 3. The fraction of sp³-hybridized carbons (Fsp3) is 0.300. The van der Waals surface area contributed by atoms with Gasteiger partial charge in [0.2, 0.25) is 0 Å². The first kappa shape index (κ1) is 9.32. The van der Waals surface area contributed by atoms with Crippen LogP contribution in [0.5, 0.6) is 0 Å². The molecule has 72 valence electrons. The molecule has 1 aliphatic heterocycles. The molecule has 0 radical (unpaired) electrons. The molecule has 4 heteroatoms. The van der Waals surface area contributed by atoms with Crippen LogP contribution in [-0.2, 0) is 0 Å². The van der Waals surface area contributed by atoms with E-state index < -0.39 is 0 Å². The average molecular weight is 208 g/mol. The topological polar surface area (TPSA) is 53.0 Å². The van der Waals surface area contributed by atoms with E-state index in [2.05, 4.69) is 11.0 Å². The van der Waals surface area contributed by atoms with Crippen LogP contribution in [0.1, 0.15) is 5.56 Å². The van der Waals surface area contributed by atoms with E-state index in [0.717, 1.165) is 18.8 Å². The Hall–Kier alpha value is -1.24. The molecule has 1 aromatic rings. The van der Waals surface area contributed by atoms with Crippen LogP contribution in [0.4, 0.5) is 5.69 Å². The Bertz CT molecular complexity index is 391. The molecule has 0 saturated carbocycles. The predicted octanol–water partition coefficient (Wildman–Crippen LogP) is 1.36. The summed E-state index contributed by atoms with van der Waals surface area (Å²) in [5.41, 5.74) is 7.22. The maximum Gasteiger partial charge on any atom is 0.101 e. The van der Waals surface area contributed by atoms with Gasteiger partial charge in [-0.1, -0.05) is 11.6 Å². The second kappa shape index (κ2) is 3.49. The molecule has 0 spiro atoms. The zero-order valence-corrected chi connectivity index (χ0v) is 8.33. The molecule has 0 aliphatic carbocycles. The molecule has 3 nitrogen and oxygen atoms in total. The fourth-order valence-corrected chi connectivity index (χ4v) is 1.76. The van der Waals surface area contributed by atoms with E-state index in [1.165, 1.54) is 0 Å². The van der Waals surface area contributed by atoms with Gasteiger partial charge in [-0.05, 0) is 18.2 Å². The Morgan fingerprint density at radius 3 is 2.79 bits per heavy atom. The van der Waals surface area contributed by atoms with E-state index in [0.29, 0.717) is 10.6 Å². The Morgan fingerprint density at radius 2 is 2.21 bits per heavy atom. The lowest BCUT2D eigenvalue weighted by atomic mass is 10.1. The van der Waals surface area contributed by atoms with Crippen molar-refractivity contribution in [2.45, 2.75) is 6.04 Å². The van der Waals surface area contributed by atoms with Gasteiger partial charge in [0, 0.05) is 24.2 Å². The predicted molar refractivity (Wildman–Crippen MR) is 56.4 cm³/mol. The third-order valence-corrected chi connectivity index (χ3v) is 2.56. The molecule has 0 bridgehead atoms. The van der Waals surface area contributed by atoms with Crippen molar-refractivity contribution in [2.75, 3.05) is 18.0 Å². The molecule has 2 N–H and O–H groups in total. The molecule has 1 aromatic carbocycles. The normalized spacial score (nSPS) is 16.2. The maximum absolute atomic E-state index is 8.91. The highest BCUT2D eigenvalue weighted by Gasteiger charge is 2.24. The van der Waals surface area contributed by atoms with Crippen molar-refractivity contribution in [3.05, 3.63) is 28.8 Å². The van der Waals surface area contributed by atoms with Gasteiger partial charge in [-0.2, -0.15) is 5.26 Å². The lowest BCUT2D eigenvalue weighted by molar-refractivity contribution is 0.519. The molecule has 0 unspecified atom stereocenters. The van der Waals surface area contributed by atoms with Crippen LogP contribution in [0.2, 0.25) is 5.02 Å². The van der Waals surface area contributed by atoms with E-state index >= 15 is 0 Å². The lowest BCUT2D eigenvalue weighted by Gasteiger charge is -2.39. The van der Waals surface area contributed by atoms with Crippen molar-refractivity contribution in [1.82, 2.24) is 0 Å². The van der Waals surface area contributed by atoms with Crippen LogP contribution in [0.3, 0.4) is 0 Å². The highest BCUT2D eigenvalue weighted by Crippen LogP contribution is 2.26. The number of hydrogen-bond donors (Lipinski definition) is 1. The molecule has 1 heterocycles. The maximum atomic E-state index is 8.91. The first-order valence-corrected chi connectivity index (χ1v) is 4.78. The molecule has 1 fully saturated rings. The number of rotatable bonds is 1. The molecular weight excluding hydrogens is 198 g/mol. The minimum absolute atomic E-state index is 0.234. The Balaban J connectivity index is 2.30. The van der Waals surface area contributed by atoms with E-state index in [9.17, 15) is 0 Å². The van der Waals surface area contributed by atoms with E-state index in [1.54, 1.807) is 12.1 Å². The van der Waals surface area contributed by atoms with Crippen molar-refractivity contribution in [2.24, 2.45) is 5.73 Å². The average Bonchev–Trinajstić information content (AvgIpc) is 2.13. The molecule has 1 aliphatic rings. The van der Waals surface area contributed by atoms with Crippen molar-refractivity contribution < 1.29 is 0 Å². The summed E-state index contributed by atoms with van der Waals surface area (Å²) in [7, 11) is 0. The smallest absolute Gasteiger partial charge is 0.101 e. The van der Waals surface area contributed by atoms with Gasteiger partial charge in [-0.15, -0.1) is 0 Å². The van der Waals surface area contributed by atoms with Crippen molar-refractivity contribution in [1.29, 1.82) is 5.26 Å². The van der Waals surface area contributed by atoms with Crippen LogP contribution in [0.15, 0.2) is 18.2 Å². The standard InChI is InChI=1S/C10H10ClN3/c11-8-1-2-10(7(3-8)4-12)14-5-9(13)6-14/h1-3,9H,5-6,13H2. The molecule has 2 rings (SSSR count). The monoisotopic (exact) mass is 207 g/mol. The fourth-order valence-electron chi connectivity index (χ4n) is 1.58. The van der Waals surface area contributed by atoms with Crippen LogP contribution >= 0.6 is 11.6 Å². The number of halogens is 1. The van der Waals surface area contributed by atoms with Gasteiger partial charge in [-0.25, -0.2) is 0 Å². The lowest BCUT2D eigenvalue weighted by Crippen LogP contribution is -2.56. The third-order valence-electron chi connectivity index (χ3n) is 2.33. The quantitative estimate of drug-likeness (QED) is 0.757. The first-order chi connectivity index (χ1) is 6.70. The van der Waals surface area contributed by atoms with Crippen LogP contribution < -0.4 is 10.6 Å². The van der Waals surface area contributed by atoms with E-state index in [4.69, 9.17) is 22.6 Å². The number of nitrogens with two attached hydrogens (primary N) is 1. The van der Waals surface area contributed by atoms with Crippen molar-refractivity contribution in [3.8, 4) is 6.07 Å². The summed E-state index contributed by atoms with van der Waals surface area (Å²) in [4.78, 5) is 2.08. The highest BCUT2D eigenvalue weighted by atomic mass is 35.5. The third kappa shape index (κ3) is 1.54. The Kier molecular flexibility index (Phi) is 2.32. The summed E-state index contributed by atoms with van der Waals surface area (Å²) in [5, 5.41) is 9.50. The minimum Gasteiger partial charge on any atom is -0.367 e. The molecule has 0 atom stereocenters. The molecular formula is C10H10ClN3. The number of benzene rings is 1. The van der Waals surface area contributed by atoms with Crippen molar-refractivity contribution >= 4 is 17.3 Å². The second-order valence-electron chi connectivity index (χ2n) is 3.44. The Labute approximate surface area is 87.7 Å². The summed E-state index contributed by atoms with van der Waals surface area (Å²) >= 11 is 5.80.